The molecule has 1 aromatic rings. The number of aliphatic carboxylic acids is 1. The number of guanidine groups is 1. The first-order chi connectivity index (χ1) is 14.2. The number of nitrogens with zero attached hydrogens (tertiary/aromatic N) is 2. The fourth-order valence-corrected chi connectivity index (χ4v) is 2.55. The van der Waals surface area contributed by atoms with Crippen LogP contribution in [0.25, 0.3) is 0 Å². The van der Waals surface area contributed by atoms with Crippen LogP contribution in [-0.4, -0.2) is 58.8 Å². The molecule has 0 spiro atoms. The molecule has 30 heavy (non-hydrogen) atoms. The molecule has 1 atom stereocenters. The Morgan fingerprint density at radius 2 is 1.80 bits per heavy atom. The molecule has 0 saturated carbocycles. The summed E-state index contributed by atoms with van der Waals surface area (Å²) in [6, 6.07) is 8.23. The summed E-state index contributed by atoms with van der Waals surface area (Å²) in [5.41, 5.74) is 0.921. The average Bonchev–Trinajstić information content (AvgIpc) is 2.72. The molecule has 9 heteroatoms. The van der Waals surface area contributed by atoms with E-state index < -0.39 is 30.0 Å². The molecular weight excluding hydrogens is 390 g/mol. The monoisotopic (exact) mass is 421 g/mol. The smallest absolute Gasteiger partial charge is 0.451 e. The third-order valence-corrected chi connectivity index (χ3v) is 4.20. The lowest BCUT2D eigenvalue weighted by molar-refractivity contribution is -0.170. The quantitative estimate of drug-likeness (QED) is 0.356. The Hall–Kier alpha value is -3.10. The minimum absolute atomic E-state index is 0.0215. The molecular formula is C21H31N3O6. The number of ether oxygens (including phenoxy) is 1. The van der Waals surface area contributed by atoms with E-state index in [1.165, 1.54) is 7.05 Å². The average molecular weight is 421 g/mol. The number of hydrogen-bond acceptors (Lipinski definition) is 6. The Bertz CT molecular complexity index is 723. The molecule has 0 saturated heterocycles. The van der Waals surface area contributed by atoms with Gasteiger partial charge in [0.25, 0.3) is 0 Å². The summed E-state index contributed by atoms with van der Waals surface area (Å²) in [4.78, 5) is 42.5. The molecule has 9 nitrogen and oxygen atoms in total. The SMILES string of the molecule is CCCC(C(=O)O)N(C)C(=N)N(OC(=O)CCc1ccccc1)C(=O)OCC(C)C. The van der Waals surface area contributed by atoms with E-state index in [1.54, 1.807) is 0 Å². The molecule has 0 aliphatic rings. The summed E-state index contributed by atoms with van der Waals surface area (Å²) in [5.74, 6) is -2.43. The number of hydroxylamine groups is 2. The van der Waals surface area contributed by atoms with Gasteiger partial charge in [0.05, 0.1) is 13.0 Å². The van der Waals surface area contributed by atoms with E-state index in [4.69, 9.17) is 15.0 Å². The van der Waals surface area contributed by atoms with E-state index in [-0.39, 0.29) is 25.4 Å². The number of benzene rings is 1. The van der Waals surface area contributed by atoms with Crippen molar-refractivity contribution in [2.75, 3.05) is 13.7 Å². The highest BCUT2D eigenvalue weighted by atomic mass is 16.8. The number of aryl methyl sites for hydroxylation is 1. The number of hydrogen-bond donors (Lipinski definition) is 2. The van der Waals surface area contributed by atoms with Crippen molar-refractivity contribution in [3.63, 3.8) is 0 Å². The highest BCUT2D eigenvalue weighted by Gasteiger charge is 2.33. The van der Waals surface area contributed by atoms with Gasteiger partial charge in [0.2, 0.25) is 5.96 Å². The summed E-state index contributed by atoms with van der Waals surface area (Å²) >= 11 is 0. The summed E-state index contributed by atoms with van der Waals surface area (Å²) in [6.07, 6.45) is 0.139. The van der Waals surface area contributed by atoms with Crippen LogP contribution in [0.4, 0.5) is 4.79 Å². The van der Waals surface area contributed by atoms with Crippen molar-refractivity contribution in [3.8, 4) is 0 Å². The molecule has 2 N–H and O–H groups in total. The molecule has 0 bridgehead atoms. The number of carbonyl (C=O) groups excluding carboxylic acids is 2. The van der Waals surface area contributed by atoms with Crippen molar-refractivity contribution < 1.29 is 29.1 Å². The minimum atomic E-state index is -1.14. The van der Waals surface area contributed by atoms with Crippen LogP contribution in [0.1, 0.15) is 45.6 Å². The molecule has 166 valence electrons. The van der Waals surface area contributed by atoms with Crippen LogP contribution >= 0.6 is 0 Å². The first-order valence-electron chi connectivity index (χ1n) is 9.93. The lowest BCUT2D eigenvalue weighted by atomic mass is 10.1. The fourth-order valence-electron chi connectivity index (χ4n) is 2.55. The van der Waals surface area contributed by atoms with Crippen molar-refractivity contribution in [2.45, 2.75) is 52.5 Å². The van der Waals surface area contributed by atoms with Crippen molar-refractivity contribution in [1.29, 1.82) is 5.41 Å². The largest absolute Gasteiger partial charge is 0.480 e. The van der Waals surface area contributed by atoms with Gasteiger partial charge in [-0.1, -0.05) is 62.6 Å². The second-order valence-electron chi connectivity index (χ2n) is 7.29. The van der Waals surface area contributed by atoms with Crippen LogP contribution in [0.15, 0.2) is 30.3 Å². The highest BCUT2D eigenvalue weighted by molar-refractivity contribution is 5.94. The molecule has 0 heterocycles. The van der Waals surface area contributed by atoms with Crippen LogP contribution in [-0.2, 0) is 25.6 Å². The second-order valence-corrected chi connectivity index (χ2v) is 7.29. The van der Waals surface area contributed by atoms with Gasteiger partial charge in [-0.05, 0) is 24.3 Å². The van der Waals surface area contributed by atoms with E-state index in [1.807, 2.05) is 51.1 Å². The van der Waals surface area contributed by atoms with Gasteiger partial charge in [-0.15, -0.1) is 0 Å². The van der Waals surface area contributed by atoms with Gasteiger partial charge in [-0.3, -0.25) is 5.41 Å². The Morgan fingerprint density at radius 1 is 1.17 bits per heavy atom. The van der Waals surface area contributed by atoms with Crippen LogP contribution in [0, 0.1) is 11.3 Å². The summed E-state index contributed by atoms with van der Waals surface area (Å²) in [6.45, 7) is 5.54. The minimum Gasteiger partial charge on any atom is -0.480 e. The first-order valence-corrected chi connectivity index (χ1v) is 9.93. The lowest BCUT2D eigenvalue weighted by Gasteiger charge is -2.31. The Morgan fingerprint density at radius 3 is 2.33 bits per heavy atom. The molecule has 1 amide bonds. The summed E-state index contributed by atoms with van der Waals surface area (Å²) < 4.78 is 5.10. The molecule has 1 aromatic carbocycles. The van der Waals surface area contributed by atoms with Gasteiger partial charge in [0.15, 0.2) is 0 Å². The van der Waals surface area contributed by atoms with Crippen LogP contribution in [0.2, 0.25) is 0 Å². The zero-order valence-corrected chi connectivity index (χ0v) is 18.0. The Kier molecular flexibility index (Phi) is 10.4. The Labute approximate surface area is 177 Å². The maximum atomic E-state index is 12.5. The number of likely N-dealkylation sites (N-methyl/N-ethyl adjacent to an activating group) is 1. The van der Waals surface area contributed by atoms with E-state index >= 15 is 0 Å². The zero-order chi connectivity index (χ0) is 22.7. The number of nitrogens with one attached hydrogen (secondary N) is 1. The van der Waals surface area contributed by atoms with Gasteiger partial charge >= 0.3 is 18.0 Å². The molecule has 0 aliphatic carbocycles. The molecule has 0 radical (unpaired) electrons. The number of carboxylic acids is 1. The van der Waals surface area contributed by atoms with E-state index in [0.717, 1.165) is 10.5 Å². The number of amides is 1. The highest BCUT2D eigenvalue weighted by Crippen LogP contribution is 2.12. The van der Waals surface area contributed by atoms with Crippen molar-refractivity contribution >= 4 is 24.0 Å². The molecule has 1 unspecified atom stereocenters. The van der Waals surface area contributed by atoms with E-state index in [9.17, 15) is 19.5 Å². The molecule has 0 aromatic heterocycles. The van der Waals surface area contributed by atoms with Crippen molar-refractivity contribution in [2.24, 2.45) is 5.92 Å². The Balaban J connectivity index is 2.91. The molecule has 1 rings (SSSR count). The lowest BCUT2D eigenvalue weighted by Crippen LogP contribution is -2.52. The number of carboxylic acid groups (broad SMARTS) is 1. The number of carbonyl (C=O) groups is 3. The zero-order valence-electron chi connectivity index (χ0n) is 18.0. The van der Waals surface area contributed by atoms with Gasteiger partial charge in [0.1, 0.15) is 6.04 Å². The summed E-state index contributed by atoms with van der Waals surface area (Å²) in [7, 11) is 1.36. The van der Waals surface area contributed by atoms with Crippen LogP contribution < -0.4 is 0 Å². The van der Waals surface area contributed by atoms with Crippen molar-refractivity contribution in [1.82, 2.24) is 9.96 Å². The predicted molar refractivity (Wildman–Crippen MR) is 111 cm³/mol. The third kappa shape index (κ3) is 8.10. The predicted octanol–water partition coefficient (Wildman–Crippen LogP) is 3.29. The van der Waals surface area contributed by atoms with Gasteiger partial charge < -0.3 is 19.6 Å². The van der Waals surface area contributed by atoms with Gasteiger partial charge in [0, 0.05) is 7.05 Å². The van der Waals surface area contributed by atoms with Crippen LogP contribution in [0.5, 0.6) is 0 Å². The third-order valence-electron chi connectivity index (χ3n) is 4.20. The standard InChI is InChI=1S/C21H31N3O6/c1-5-9-17(19(26)27)23(4)20(22)24(21(28)29-14-15(2)3)30-18(25)13-12-16-10-7-6-8-11-16/h6-8,10-11,15,17,22H,5,9,12-14H2,1-4H3,(H,26,27). The van der Waals surface area contributed by atoms with Gasteiger partial charge in [-0.2, -0.15) is 0 Å². The van der Waals surface area contributed by atoms with E-state index in [2.05, 4.69) is 0 Å². The maximum Gasteiger partial charge on any atom is 0.451 e. The molecule has 0 aliphatic heterocycles. The van der Waals surface area contributed by atoms with E-state index in [0.29, 0.717) is 17.9 Å². The number of rotatable bonds is 9. The molecule has 0 fully saturated rings. The fraction of sp³-hybridized carbons (Fsp3) is 0.524. The summed E-state index contributed by atoms with van der Waals surface area (Å²) in [5, 5.41) is 18.1. The van der Waals surface area contributed by atoms with Crippen molar-refractivity contribution in [3.05, 3.63) is 35.9 Å². The topological polar surface area (TPSA) is 120 Å². The second kappa shape index (κ2) is 12.5. The maximum absolute atomic E-state index is 12.5. The first kappa shape index (κ1) is 24.9. The normalized spacial score (nSPS) is 11.5. The van der Waals surface area contributed by atoms with Gasteiger partial charge in [-0.25, -0.2) is 14.4 Å². The van der Waals surface area contributed by atoms with Crippen LogP contribution in [0.3, 0.4) is 0 Å².